The maximum Gasteiger partial charge on any atom is 0.137 e. The number of nitrogens with two attached hydrogens (primary N) is 1. The van der Waals surface area contributed by atoms with E-state index >= 15 is 0 Å². The van der Waals surface area contributed by atoms with Gasteiger partial charge in [0.15, 0.2) is 0 Å². The number of hydrogen-bond acceptors (Lipinski definition) is 3. The smallest absolute Gasteiger partial charge is 0.137 e. The molecule has 0 amide bonds. The predicted octanol–water partition coefficient (Wildman–Crippen LogP) is 2.26. The molecule has 0 aliphatic carbocycles. The summed E-state index contributed by atoms with van der Waals surface area (Å²) in [5.41, 5.74) is 6.51. The molecule has 1 atom stereocenters. The number of halogens is 1. The third-order valence-corrected chi connectivity index (χ3v) is 2.33. The minimum atomic E-state index is -0.359. The van der Waals surface area contributed by atoms with E-state index in [1.54, 1.807) is 25.3 Å². The topological polar surface area (TPSA) is 59.0 Å². The van der Waals surface area contributed by atoms with Crippen molar-refractivity contribution >= 4 is 11.6 Å². The summed E-state index contributed by atoms with van der Waals surface area (Å²) in [6.45, 7) is 0. The van der Waals surface area contributed by atoms with Crippen LogP contribution in [0, 0.1) is 11.3 Å². The summed E-state index contributed by atoms with van der Waals surface area (Å²) >= 11 is 6.03. The van der Waals surface area contributed by atoms with Crippen molar-refractivity contribution in [3.63, 3.8) is 0 Å². The Labute approximate surface area is 88.0 Å². The third-order valence-electron chi connectivity index (χ3n) is 1.92. The van der Waals surface area contributed by atoms with E-state index in [0.717, 1.165) is 5.56 Å². The molecule has 3 nitrogen and oxygen atoms in total. The van der Waals surface area contributed by atoms with Crippen molar-refractivity contribution < 1.29 is 4.74 Å². The average molecular weight is 211 g/mol. The number of benzene rings is 1. The molecule has 0 heterocycles. The molecule has 0 aromatic heterocycles. The second kappa shape index (κ2) is 4.85. The van der Waals surface area contributed by atoms with Gasteiger partial charge < -0.3 is 10.5 Å². The van der Waals surface area contributed by atoms with Gasteiger partial charge in [0.1, 0.15) is 5.75 Å². The second-order valence-corrected chi connectivity index (χ2v) is 3.21. The first-order chi connectivity index (χ1) is 6.70. The quantitative estimate of drug-likeness (QED) is 0.833. The van der Waals surface area contributed by atoms with Crippen LogP contribution in [0.2, 0.25) is 5.02 Å². The molecule has 0 fully saturated rings. The van der Waals surface area contributed by atoms with Crippen LogP contribution in [0.1, 0.15) is 18.0 Å². The Morgan fingerprint density at radius 1 is 1.64 bits per heavy atom. The van der Waals surface area contributed by atoms with Crippen molar-refractivity contribution in [2.75, 3.05) is 7.11 Å². The minimum absolute atomic E-state index is 0.243. The van der Waals surface area contributed by atoms with Gasteiger partial charge >= 0.3 is 0 Å². The number of hydrogen-bond donors (Lipinski definition) is 1. The highest BCUT2D eigenvalue weighted by Gasteiger charge is 2.12. The molecule has 0 aliphatic heterocycles. The summed E-state index contributed by atoms with van der Waals surface area (Å²) < 4.78 is 5.04. The van der Waals surface area contributed by atoms with Crippen molar-refractivity contribution in [2.24, 2.45) is 5.73 Å². The van der Waals surface area contributed by atoms with Crippen molar-refractivity contribution in [2.45, 2.75) is 12.5 Å². The van der Waals surface area contributed by atoms with E-state index in [1.165, 1.54) is 0 Å². The summed E-state index contributed by atoms with van der Waals surface area (Å²) in [5.74, 6) is 0.581. The van der Waals surface area contributed by atoms with Crippen LogP contribution in [0.3, 0.4) is 0 Å². The van der Waals surface area contributed by atoms with Crippen LogP contribution >= 0.6 is 11.6 Å². The van der Waals surface area contributed by atoms with Gasteiger partial charge in [-0.15, -0.1) is 0 Å². The molecule has 0 aliphatic rings. The summed E-state index contributed by atoms with van der Waals surface area (Å²) in [5, 5.41) is 9.00. The molecule has 0 bridgehead atoms. The Morgan fingerprint density at radius 3 is 2.93 bits per heavy atom. The lowest BCUT2D eigenvalue weighted by atomic mass is 10.1. The Bertz CT molecular complexity index is 360. The first kappa shape index (κ1) is 10.8. The maximum absolute atomic E-state index is 8.51. The van der Waals surface area contributed by atoms with Gasteiger partial charge in [0.05, 0.1) is 24.6 Å². The highest BCUT2D eigenvalue weighted by atomic mass is 35.5. The molecule has 14 heavy (non-hydrogen) atoms. The van der Waals surface area contributed by atoms with E-state index in [1.807, 2.05) is 6.07 Å². The summed E-state index contributed by atoms with van der Waals surface area (Å²) in [4.78, 5) is 0. The van der Waals surface area contributed by atoms with E-state index in [0.29, 0.717) is 10.8 Å². The summed E-state index contributed by atoms with van der Waals surface area (Å²) in [6, 6.07) is 7.00. The van der Waals surface area contributed by atoms with Gasteiger partial charge in [0.25, 0.3) is 0 Å². The van der Waals surface area contributed by atoms with Crippen LogP contribution in [0.25, 0.3) is 0 Å². The van der Waals surface area contributed by atoms with E-state index < -0.39 is 0 Å². The average Bonchev–Trinajstić information content (AvgIpc) is 2.18. The van der Waals surface area contributed by atoms with Crippen molar-refractivity contribution in [3.05, 3.63) is 28.8 Å². The molecule has 4 heteroatoms. The number of methoxy groups -OCH3 is 1. The molecular weight excluding hydrogens is 200 g/mol. The Hall–Kier alpha value is -1.24. The number of nitrogens with zero attached hydrogens (tertiary/aromatic N) is 1. The van der Waals surface area contributed by atoms with Crippen molar-refractivity contribution in [1.29, 1.82) is 5.26 Å². The normalized spacial score (nSPS) is 11.9. The van der Waals surface area contributed by atoms with Gasteiger partial charge in [0, 0.05) is 6.04 Å². The SMILES string of the molecule is COc1cccc([C@H](N)CC#N)c1Cl. The van der Waals surface area contributed by atoms with E-state index in [9.17, 15) is 0 Å². The van der Waals surface area contributed by atoms with Crippen LogP contribution in [-0.4, -0.2) is 7.11 Å². The number of rotatable bonds is 3. The van der Waals surface area contributed by atoms with E-state index in [2.05, 4.69) is 0 Å². The molecule has 0 saturated carbocycles. The molecule has 0 radical (unpaired) electrons. The van der Waals surface area contributed by atoms with Crippen LogP contribution in [-0.2, 0) is 0 Å². The zero-order chi connectivity index (χ0) is 10.6. The second-order valence-electron chi connectivity index (χ2n) is 2.83. The molecular formula is C10H11ClN2O. The van der Waals surface area contributed by atoms with Crippen LogP contribution in [0.4, 0.5) is 0 Å². The van der Waals surface area contributed by atoms with Crippen molar-refractivity contribution in [3.8, 4) is 11.8 Å². The molecule has 74 valence electrons. The first-order valence-corrected chi connectivity index (χ1v) is 4.53. The van der Waals surface area contributed by atoms with Crippen LogP contribution < -0.4 is 10.5 Å². The van der Waals surface area contributed by atoms with Crippen LogP contribution in [0.15, 0.2) is 18.2 Å². The Morgan fingerprint density at radius 2 is 2.36 bits per heavy atom. The highest BCUT2D eigenvalue weighted by Crippen LogP contribution is 2.31. The molecule has 1 aromatic rings. The standard InChI is InChI=1S/C10H11ClN2O/c1-14-9-4-2-3-7(10(9)11)8(13)5-6-12/h2-4,8H,5,13H2,1H3/t8-/m1/s1. The monoisotopic (exact) mass is 210 g/mol. The van der Waals surface area contributed by atoms with Gasteiger partial charge in [-0.05, 0) is 11.6 Å². The van der Waals surface area contributed by atoms with Gasteiger partial charge in [-0.1, -0.05) is 23.7 Å². The third kappa shape index (κ3) is 2.16. The molecule has 0 saturated heterocycles. The van der Waals surface area contributed by atoms with E-state index in [-0.39, 0.29) is 12.5 Å². The molecule has 2 N–H and O–H groups in total. The molecule has 0 unspecified atom stereocenters. The largest absolute Gasteiger partial charge is 0.495 e. The highest BCUT2D eigenvalue weighted by molar-refractivity contribution is 6.32. The fourth-order valence-corrected chi connectivity index (χ4v) is 1.52. The lowest BCUT2D eigenvalue weighted by Crippen LogP contribution is -2.10. The van der Waals surface area contributed by atoms with Gasteiger partial charge in [-0.2, -0.15) is 5.26 Å². The molecule has 1 rings (SSSR count). The summed E-state index contributed by atoms with van der Waals surface area (Å²) in [6.07, 6.45) is 0.243. The Balaban J connectivity index is 3.04. The molecule has 1 aromatic carbocycles. The van der Waals surface area contributed by atoms with E-state index in [4.69, 9.17) is 27.3 Å². The number of ether oxygens (including phenoxy) is 1. The number of nitriles is 1. The first-order valence-electron chi connectivity index (χ1n) is 4.15. The minimum Gasteiger partial charge on any atom is -0.495 e. The van der Waals surface area contributed by atoms with Crippen molar-refractivity contribution in [1.82, 2.24) is 0 Å². The predicted molar refractivity (Wildman–Crippen MR) is 55.2 cm³/mol. The van der Waals surface area contributed by atoms with Gasteiger partial charge in [-0.3, -0.25) is 0 Å². The fraction of sp³-hybridized carbons (Fsp3) is 0.300. The molecule has 0 spiro atoms. The lowest BCUT2D eigenvalue weighted by Gasteiger charge is -2.12. The zero-order valence-corrected chi connectivity index (χ0v) is 8.58. The zero-order valence-electron chi connectivity index (χ0n) is 7.83. The maximum atomic E-state index is 8.51. The summed E-state index contributed by atoms with van der Waals surface area (Å²) in [7, 11) is 1.54. The lowest BCUT2D eigenvalue weighted by molar-refractivity contribution is 0.414. The Kier molecular flexibility index (Phi) is 3.75. The van der Waals surface area contributed by atoms with Gasteiger partial charge in [0.2, 0.25) is 0 Å². The van der Waals surface area contributed by atoms with Crippen LogP contribution in [0.5, 0.6) is 5.75 Å². The van der Waals surface area contributed by atoms with Gasteiger partial charge in [-0.25, -0.2) is 0 Å². The fourth-order valence-electron chi connectivity index (χ4n) is 1.18.